The SMILES string of the molecule is CSc1nc(OC(N)=O)cn2c(-c3ccc(C(=O)NC4CC4)cc3)cnc12. The van der Waals surface area contributed by atoms with Gasteiger partial charge >= 0.3 is 6.09 Å². The molecular weight excluding hydrogens is 366 g/mol. The molecule has 8 nitrogen and oxygen atoms in total. The van der Waals surface area contributed by atoms with Gasteiger partial charge in [0.05, 0.1) is 18.1 Å². The van der Waals surface area contributed by atoms with Gasteiger partial charge in [-0.2, -0.15) is 0 Å². The fourth-order valence-electron chi connectivity index (χ4n) is 2.73. The lowest BCUT2D eigenvalue weighted by Gasteiger charge is -2.08. The third-order valence-corrected chi connectivity index (χ3v) is 4.85. The van der Waals surface area contributed by atoms with Gasteiger partial charge in [0.15, 0.2) is 5.65 Å². The van der Waals surface area contributed by atoms with Crippen LogP contribution in [0, 0.1) is 0 Å². The molecule has 9 heteroatoms. The molecule has 3 N–H and O–H groups in total. The lowest BCUT2D eigenvalue weighted by atomic mass is 10.1. The maximum absolute atomic E-state index is 12.1. The third-order valence-electron chi connectivity index (χ3n) is 4.19. The summed E-state index contributed by atoms with van der Waals surface area (Å²) in [4.78, 5) is 31.9. The summed E-state index contributed by atoms with van der Waals surface area (Å²) in [5.74, 6) is 0.0345. The molecular formula is C18H17N5O3S. The van der Waals surface area contributed by atoms with Crippen molar-refractivity contribution in [3.63, 3.8) is 0 Å². The minimum Gasteiger partial charge on any atom is -0.390 e. The first-order valence-electron chi connectivity index (χ1n) is 8.36. The number of primary amides is 1. The second-order valence-corrected chi connectivity index (χ2v) is 6.97. The number of amides is 2. The van der Waals surface area contributed by atoms with Crippen LogP contribution < -0.4 is 15.8 Å². The number of nitrogens with zero attached hydrogens (tertiary/aromatic N) is 3. The Morgan fingerprint density at radius 1 is 1.30 bits per heavy atom. The number of carbonyl (C=O) groups excluding carboxylic acids is 2. The van der Waals surface area contributed by atoms with Gasteiger partial charge in [0.1, 0.15) is 5.03 Å². The fraction of sp³-hybridized carbons (Fsp3) is 0.222. The predicted octanol–water partition coefficient (Wildman–Crippen LogP) is 2.47. The van der Waals surface area contributed by atoms with Crippen molar-refractivity contribution in [2.24, 2.45) is 5.73 Å². The number of imidazole rings is 1. The Labute approximate surface area is 159 Å². The summed E-state index contributed by atoms with van der Waals surface area (Å²) >= 11 is 1.39. The number of ether oxygens (including phenoxy) is 1. The Bertz CT molecular complexity index is 1030. The second kappa shape index (κ2) is 6.92. The van der Waals surface area contributed by atoms with Crippen molar-refractivity contribution in [2.45, 2.75) is 23.9 Å². The van der Waals surface area contributed by atoms with Gasteiger partial charge in [-0.3, -0.25) is 9.20 Å². The molecule has 2 aromatic heterocycles. The van der Waals surface area contributed by atoms with Crippen LogP contribution in [0.5, 0.6) is 5.88 Å². The number of rotatable bonds is 5. The monoisotopic (exact) mass is 383 g/mol. The number of hydrogen-bond donors (Lipinski definition) is 2. The highest BCUT2D eigenvalue weighted by Gasteiger charge is 2.23. The second-order valence-electron chi connectivity index (χ2n) is 6.17. The highest BCUT2D eigenvalue weighted by atomic mass is 32.2. The largest absolute Gasteiger partial charge is 0.411 e. The molecule has 0 unspecified atom stereocenters. The third kappa shape index (κ3) is 3.59. The predicted molar refractivity (Wildman–Crippen MR) is 101 cm³/mol. The maximum Gasteiger partial charge on any atom is 0.411 e. The molecule has 4 rings (SSSR count). The highest BCUT2D eigenvalue weighted by Crippen LogP contribution is 2.28. The number of aromatic nitrogens is 3. The summed E-state index contributed by atoms with van der Waals surface area (Å²) in [6.07, 6.45) is 6.31. The van der Waals surface area contributed by atoms with E-state index in [-0.39, 0.29) is 11.8 Å². The zero-order valence-electron chi connectivity index (χ0n) is 14.5. The minimum absolute atomic E-state index is 0.0618. The van der Waals surface area contributed by atoms with Gasteiger partial charge in [-0.25, -0.2) is 14.8 Å². The smallest absolute Gasteiger partial charge is 0.390 e. The van der Waals surface area contributed by atoms with Crippen LogP contribution in [0.1, 0.15) is 23.2 Å². The average molecular weight is 383 g/mol. The number of nitrogens with two attached hydrogens (primary N) is 1. The van der Waals surface area contributed by atoms with Crippen molar-refractivity contribution in [1.29, 1.82) is 0 Å². The molecule has 0 bridgehead atoms. The van der Waals surface area contributed by atoms with E-state index in [2.05, 4.69) is 15.3 Å². The summed E-state index contributed by atoms with van der Waals surface area (Å²) in [6, 6.07) is 7.60. The van der Waals surface area contributed by atoms with Crippen LogP contribution in [0.2, 0.25) is 0 Å². The lowest BCUT2D eigenvalue weighted by Crippen LogP contribution is -2.25. The molecule has 0 aliphatic heterocycles. The molecule has 27 heavy (non-hydrogen) atoms. The molecule has 0 saturated heterocycles. The molecule has 0 spiro atoms. The molecule has 1 fully saturated rings. The first-order chi connectivity index (χ1) is 13.0. The number of thioether (sulfide) groups is 1. The van der Waals surface area contributed by atoms with E-state index in [1.54, 1.807) is 28.9 Å². The van der Waals surface area contributed by atoms with Gasteiger partial charge in [-0.1, -0.05) is 12.1 Å². The van der Waals surface area contributed by atoms with E-state index < -0.39 is 6.09 Å². The summed E-state index contributed by atoms with van der Waals surface area (Å²) in [5.41, 5.74) is 8.01. The van der Waals surface area contributed by atoms with Crippen LogP contribution in [0.3, 0.4) is 0 Å². The normalized spacial score (nSPS) is 13.5. The first-order valence-corrected chi connectivity index (χ1v) is 9.58. The molecule has 1 aromatic carbocycles. The van der Waals surface area contributed by atoms with Crippen LogP contribution in [-0.4, -0.2) is 38.7 Å². The van der Waals surface area contributed by atoms with Crippen LogP contribution in [0.4, 0.5) is 4.79 Å². The van der Waals surface area contributed by atoms with Crippen LogP contribution in [0.25, 0.3) is 16.9 Å². The van der Waals surface area contributed by atoms with E-state index in [1.165, 1.54) is 11.8 Å². The van der Waals surface area contributed by atoms with E-state index in [1.807, 2.05) is 18.4 Å². The first kappa shape index (κ1) is 17.3. The topological polar surface area (TPSA) is 112 Å². The highest BCUT2D eigenvalue weighted by molar-refractivity contribution is 7.98. The molecule has 0 atom stereocenters. The minimum atomic E-state index is -0.929. The van der Waals surface area contributed by atoms with Crippen molar-refractivity contribution >= 4 is 29.4 Å². The van der Waals surface area contributed by atoms with Gasteiger partial charge in [0.25, 0.3) is 5.91 Å². The van der Waals surface area contributed by atoms with Crippen molar-refractivity contribution in [3.05, 3.63) is 42.2 Å². The van der Waals surface area contributed by atoms with Crippen molar-refractivity contribution in [3.8, 4) is 17.1 Å². The molecule has 2 heterocycles. The summed E-state index contributed by atoms with van der Waals surface area (Å²) < 4.78 is 6.72. The molecule has 3 aromatic rings. The van der Waals surface area contributed by atoms with Gasteiger partial charge in [0, 0.05) is 17.2 Å². The molecule has 2 amide bonds. The van der Waals surface area contributed by atoms with Crippen molar-refractivity contribution in [1.82, 2.24) is 19.7 Å². The Morgan fingerprint density at radius 2 is 2.04 bits per heavy atom. The zero-order chi connectivity index (χ0) is 19.0. The molecule has 0 radical (unpaired) electrons. The van der Waals surface area contributed by atoms with E-state index in [0.29, 0.717) is 22.3 Å². The number of fused-ring (bicyclic) bond motifs is 1. The van der Waals surface area contributed by atoms with Crippen molar-refractivity contribution < 1.29 is 14.3 Å². The lowest BCUT2D eigenvalue weighted by molar-refractivity contribution is 0.0951. The van der Waals surface area contributed by atoms with Gasteiger partial charge in [-0.05, 0) is 31.2 Å². The van der Waals surface area contributed by atoms with E-state index in [4.69, 9.17) is 10.5 Å². The van der Waals surface area contributed by atoms with Gasteiger partial charge in [0.2, 0.25) is 5.88 Å². The quantitative estimate of drug-likeness (QED) is 0.655. The van der Waals surface area contributed by atoms with E-state index >= 15 is 0 Å². The summed E-state index contributed by atoms with van der Waals surface area (Å²) in [5, 5.41) is 3.58. The number of hydrogen-bond acceptors (Lipinski definition) is 6. The van der Waals surface area contributed by atoms with Gasteiger partial charge < -0.3 is 15.8 Å². The van der Waals surface area contributed by atoms with Gasteiger partial charge in [-0.15, -0.1) is 11.8 Å². The zero-order valence-corrected chi connectivity index (χ0v) is 15.3. The summed E-state index contributed by atoms with van der Waals surface area (Å²) in [6.45, 7) is 0. The average Bonchev–Trinajstić information content (AvgIpc) is 3.36. The molecule has 1 saturated carbocycles. The number of nitrogens with one attached hydrogen (secondary N) is 1. The Balaban J connectivity index is 1.70. The molecule has 1 aliphatic rings. The van der Waals surface area contributed by atoms with Crippen LogP contribution in [0.15, 0.2) is 41.7 Å². The van der Waals surface area contributed by atoms with Crippen molar-refractivity contribution in [2.75, 3.05) is 6.26 Å². The van der Waals surface area contributed by atoms with Crippen LogP contribution >= 0.6 is 11.8 Å². The standard InChI is InChI=1S/C18H17N5O3S/c1-27-17-15-20-8-13(23(15)9-14(22-17)26-18(19)25)10-2-4-11(5-3-10)16(24)21-12-6-7-12/h2-5,8-9,12H,6-7H2,1H3,(H2,19,25)(H,21,24). The Morgan fingerprint density at radius 3 is 2.67 bits per heavy atom. The number of benzene rings is 1. The Hall–Kier alpha value is -3.07. The molecule has 1 aliphatic carbocycles. The van der Waals surface area contributed by atoms with E-state index in [0.717, 1.165) is 24.1 Å². The Kier molecular flexibility index (Phi) is 4.44. The van der Waals surface area contributed by atoms with Crippen LogP contribution in [-0.2, 0) is 0 Å². The maximum atomic E-state index is 12.1. The number of carbonyl (C=O) groups is 2. The fourth-order valence-corrected chi connectivity index (χ4v) is 3.25. The molecule has 138 valence electrons. The van der Waals surface area contributed by atoms with E-state index in [9.17, 15) is 9.59 Å². The summed E-state index contributed by atoms with van der Waals surface area (Å²) in [7, 11) is 0.